The van der Waals surface area contributed by atoms with E-state index >= 15 is 0 Å². The highest BCUT2D eigenvalue weighted by molar-refractivity contribution is 7.89. The summed E-state index contributed by atoms with van der Waals surface area (Å²) in [4.78, 5) is 15.4. The van der Waals surface area contributed by atoms with E-state index in [4.69, 9.17) is 4.74 Å². The molecule has 1 aromatic rings. The number of ether oxygens (including phenoxy) is 1. The quantitative estimate of drug-likeness (QED) is 0.801. The maximum Gasteiger partial charge on any atom is 0.237 e. The van der Waals surface area contributed by atoms with Gasteiger partial charge in [-0.05, 0) is 37.8 Å². The fourth-order valence-electron chi connectivity index (χ4n) is 4.58. The van der Waals surface area contributed by atoms with Crippen LogP contribution in [0.15, 0.2) is 24.3 Å². The Kier molecular flexibility index (Phi) is 4.57. The number of fused-ring (bicyclic) bond motifs is 2. The zero-order valence-electron chi connectivity index (χ0n) is 15.2. The molecule has 3 aliphatic rings. The molecule has 1 aromatic carbocycles. The molecule has 1 spiro atoms. The minimum Gasteiger partial charge on any atom is -0.381 e. The lowest BCUT2D eigenvalue weighted by molar-refractivity contribution is -0.124. The Morgan fingerprint density at radius 3 is 2.62 bits per heavy atom. The van der Waals surface area contributed by atoms with Crippen molar-refractivity contribution in [1.82, 2.24) is 4.31 Å². The number of nitrogens with zero attached hydrogens (tertiary/aromatic N) is 2. The number of amides is 1. The number of benzene rings is 1. The molecule has 0 bridgehead atoms. The monoisotopic (exact) mass is 378 g/mol. The standard InChI is InChI=1S/C19H26N2O4S/c1-2-26(23,24)20-10-8-19(9-11-20)16-5-3-4-6-17(16)21(18(19)22)13-15-7-12-25-14-15/h3-6,15H,2,7-14H2,1H3/t15-/m0/s1. The number of para-hydroxylation sites is 1. The van der Waals surface area contributed by atoms with Gasteiger partial charge in [-0.15, -0.1) is 0 Å². The van der Waals surface area contributed by atoms with Gasteiger partial charge in [-0.25, -0.2) is 12.7 Å². The van der Waals surface area contributed by atoms with E-state index in [1.165, 1.54) is 0 Å². The second-order valence-corrected chi connectivity index (χ2v) is 9.80. The summed E-state index contributed by atoms with van der Waals surface area (Å²) in [5, 5.41) is 0. The second kappa shape index (κ2) is 6.62. The minimum absolute atomic E-state index is 0.109. The lowest BCUT2D eigenvalue weighted by atomic mass is 9.74. The van der Waals surface area contributed by atoms with Gasteiger partial charge < -0.3 is 9.64 Å². The van der Waals surface area contributed by atoms with Crippen molar-refractivity contribution in [3.05, 3.63) is 29.8 Å². The number of carbonyl (C=O) groups is 1. The molecule has 142 valence electrons. The number of hydrogen-bond donors (Lipinski definition) is 0. The maximum absolute atomic E-state index is 13.5. The van der Waals surface area contributed by atoms with Crippen LogP contribution in [-0.4, -0.2) is 57.2 Å². The summed E-state index contributed by atoms with van der Waals surface area (Å²) in [7, 11) is -3.20. The molecule has 0 radical (unpaired) electrons. The van der Waals surface area contributed by atoms with Gasteiger partial charge >= 0.3 is 0 Å². The van der Waals surface area contributed by atoms with E-state index in [0.29, 0.717) is 45.0 Å². The first-order valence-electron chi connectivity index (χ1n) is 9.45. The normalized spacial score (nSPS) is 25.8. The van der Waals surface area contributed by atoms with Crippen molar-refractivity contribution in [2.24, 2.45) is 5.92 Å². The Morgan fingerprint density at radius 2 is 1.96 bits per heavy atom. The van der Waals surface area contributed by atoms with Gasteiger partial charge in [-0.2, -0.15) is 0 Å². The molecule has 26 heavy (non-hydrogen) atoms. The number of sulfonamides is 1. The van der Waals surface area contributed by atoms with E-state index in [0.717, 1.165) is 24.3 Å². The van der Waals surface area contributed by atoms with Crippen LogP contribution in [0.1, 0.15) is 31.7 Å². The summed E-state index contributed by atoms with van der Waals surface area (Å²) in [5.74, 6) is 0.625. The number of anilines is 1. The van der Waals surface area contributed by atoms with E-state index in [1.807, 2.05) is 29.2 Å². The van der Waals surface area contributed by atoms with Crippen LogP contribution in [0.4, 0.5) is 5.69 Å². The third-order valence-electron chi connectivity index (χ3n) is 6.16. The van der Waals surface area contributed by atoms with Gasteiger partial charge in [0, 0.05) is 37.8 Å². The molecule has 2 fully saturated rings. The van der Waals surface area contributed by atoms with E-state index in [9.17, 15) is 13.2 Å². The molecule has 6 nitrogen and oxygen atoms in total. The molecule has 0 unspecified atom stereocenters. The van der Waals surface area contributed by atoms with Gasteiger partial charge in [-0.3, -0.25) is 4.79 Å². The molecule has 3 heterocycles. The topological polar surface area (TPSA) is 66.9 Å². The predicted molar refractivity (Wildman–Crippen MR) is 99.7 cm³/mol. The van der Waals surface area contributed by atoms with E-state index in [2.05, 4.69) is 0 Å². The van der Waals surface area contributed by atoms with Crippen molar-refractivity contribution in [1.29, 1.82) is 0 Å². The Hall–Kier alpha value is -1.44. The largest absolute Gasteiger partial charge is 0.381 e. The molecule has 7 heteroatoms. The number of rotatable bonds is 4. The smallest absolute Gasteiger partial charge is 0.237 e. The first-order chi connectivity index (χ1) is 12.5. The molecule has 0 saturated carbocycles. The summed E-state index contributed by atoms with van der Waals surface area (Å²) in [5.41, 5.74) is 1.49. The van der Waals surface area contributed by atoms with Crippen LogP contribution < -0.4 is 4.90 Å². The minimum atomic E-state index is -3.20. The van der Waals surface area contributed by atoms with Crippen LogP contribution in [0.2, 0.25) is 0 Å². The Labute approximate surface area is 155 Å². The molecule has 0 N–H and O–H groups in total. The fraction of sp³-hybridized carbons (Fsp3) is 0.632. The summed E-state index contributed by atoms with van der Waals surface area (Å²) < 4.78 is 31.4. The molecule has 0 aliphatic carbocycles. The van der Waals surface area contributed by atoms with Gasteiger partial charge in [0.1, 0.15) is 0 Å². The Balaban J connectivity index is 1.62. The van der Waals surface area contributed by atoms with Crippen molar-refractivity contribution in [3.63, 3.8) is 0 Å². The average Bonchev–Trinajstić information content (AvgIpc) is 3.25. The summed E-state index contributed by atoms with van der Waals surface area (Å²) >= 11 is 0. The Morgan fingerprint density at radius 1 is 1.23 bits per heavy atom. The molecule has 0 aromatic heterocycles. The van der Waals surface area contributed by atoms with Crippen LogP contribution in [-0.2, 0) is 25.0 Å². The highest BCUT2D eigenvalue weighted by Crippen LogP contribution is 2.48. The van der Waals surface area contributed by atoms with Gasteiger partial charge in [-0.1, -0.05) is 18.2 Å². The summed E-state index contributed by atoms with van der Waals surface area (Å²) in [6.45, 7) is 4.66. The maximum atomic E-state index is 13.5. The molecule has 4 rings (SSSR count). The number of hydrogen-bond acceptors (Lipinski definition) is 4. The zero-order chi connectivity index (χ0) is 18.4. The fourth-order valence-corrected chi connectivity index (χ4v) is 5.68. The predicted octanol–water partition coefficient (Wildman–Crippen LogP) is 1.75. The Bertz CT molecular complexity index is 794. The highest BCUT2D eigenvalue weighted by atomic mass is 32.2. The van der Waals surface area contributed by atoms with Crippen molar-refractivity contribution in [2.75, 3.05) is 43.5 Å². The number of carbonyl (C=O) groups excluding carboxylic acids is 1. The number of piperidine rings is 1. The first-order valence-corrected chi connectivity index (χ1v) is 11.1. The van der Waals surface area contributed by atoms with Crippen LogP contribution in [0.25, 0.3) is 0 Å². The van der Waals surface area contributed by atoms with Crippen molar-refractivity contribution in [2.45, 2.75) is 31.6 Å². The lowest BCUT2D eigenvalue weighted by Crippen LogP contribution is -2.50. The molecule has 1 atom stereocenters. The van der Waals surface area contributed by atoms with Crippen LogP contribution in [0, 0.1) is 5.92 Å². The summed E-state index contributed by atoms with van der Waals surface area (Å²) in [6.07, 6.45) is 2.10. The van der Waals surface area contributed by atoms with Crippen molar-refractivity contribution < 1.29 is 17.9 Å². The van der Waals surface area contributed by atoms with Gasteiger partial charge in [0.15, 0.2) is 0 Å². The first kappa shape index (κ1) is 17.9. The third-order valence-corrected chi connectivity index (χ3v) is 8.05. The SMILES string of the molecule is CCS(=O)(=O)N1CCC2(CC1)C(=O)N(C[C@@H]1CCOC1)c1ccccc12. The molecule has 3 aliphatic heterocycles. The van der Waals surface area contributed by atoms with E-state index in [-0.39, 0.29) is 11.7 Å². The summed E-state index contributed by atoms with van der Waals surface area (Å²) in [6, 6.07) is 8.01. The lowest BCUT2D eigenvalue weighted by Gasteiger charge is -2.37. The zero-order valence-corrected chi connectivity index (χ0v) is 16.0. The second-order valence-electron chi connectivity index (χ2n) is 7.54. The molecular formula is C19H26N2O4S. The van der Waals surface area contributed by atoms with Gasteiger partial charge in [0.05, 0.1) is 17.8 Å². The van der Waals surface area contributed by atoms with Crippen LogP contribution in [0.5, 0.6) is 0 Å². The van der Waals surface area contributed by atoms with E-state index < -0.39 is 15.4 Å². The highest BCUT2D eigenvalue weighted by Gasteiger charge is 2.53. The molecular weight excluding hydrogens is 352 g/mol. The van der Waals surface area contributed by atoms with Crippen LogP contribution >= 0.6 is 0 Å². The third kappa shape index (κ3) is 2.77. The van der Waals surface area contributed by atoms with Crippen LogP contribution in [0.3, 0.4) is 0 Å². The average molecular weight is 378 g/mol. The van der Waals surface area contributed by atoms with Gasteiger partial charge in [0.25, 0.3) is 0 Å². The van der Waals surface area contributed by atoms with Gasteiger partial charge in [0.2, 0.25) is 15.9 Å². The molecule has 2 saturated heterocycles. The van der Waals surface area contributed by atoms with Crippen molar-refractivity contribution in [3.8, 4) is 0 Å². The van der Waals surface area contributed by atoms with Crippen molar-refractivity contribution >= 4 is 21.6 Å². The molecule has 1 amide bonds. The van der Waals surface area contributed by atoms with E-state index in [1.54, 1.807) is 11.2 Å².